The molecular formula is C8H11N3O. The first-order valence-corrected chi connectivity index (χ1v) is 3.76. The number of anilines is 1. The van der Waals surface area contributed by atoms with Gasteiger partial charge >= 0.3 is 0 Å². The Labute approximate surface area is 71.4 Å². The van der Waals surface area contributed by atoms with Gasteiger partial charge in [0.05, 0.1) is 0 Å². The lowest BCUT2D eigenvalue weighted by molar-refractivity contribution is 0.503. The third kappa shape index (κ3) is 1.40. The molecule has 1 aromatic rings. The topological polar surface area (TPSA) is 53.1 Å². The number of aryl methyl sites for hydroxylation is 1. The van der Waals surface area contributed by atoms with Gasteiger partial charge in [-0.25, -0.2) is 4.98 Å². The average Bonchev–Trinajstić information content (AvgIpc) is 2.47. The van der Waals surface area contributed by atoms with Gasteiger partial charge in [0.1, 0.15) is 6.07 Å². The molecule has 0 saturated heterocycles. The van der Waals surface area contributed by atoms with Crippen molar-refractivity contribution in [1.82, 2.24) is 4.98 Å². The molecule has 0 atom stereocenters. The minimum absolute atomic E-state index is 0.358. The number of hydrogen-bond donors (Lipinski definition) is 0. The molecule has 0 radical (unpaired) electrons. The zero-order chi connectivity index (χ0) is 9.14. The summed E-state index contributed by atoms with van der Waals surface area (Å²) in [6, 6.07) is 1.99. The zero-order valence-electron chi connectivity index (χ0n) is 7.46. The highest BCUT2D eigenvalue weighted by Gasteiger charge is 2.12. The number of rotatable bonds is 2. The maximum absolute atomic E-state index is 8.68. The fourth-order valence-corrected chi connectivity index (χ4v) is 0.882. The normalized spacial score (nSPS) is 9.50. The Bertz CT molecular complexity index is 309. The third-order valence-corrected chi connectivity index (χ3v) is 1.47. The monoisotopic (exact) mass is 165 g/mol. The van der Waals surface area contributed by atoms with Crippen LogP contribution in [-0.2, 0) is 6.42 Å². The molecule has 4 nitrogen and oxygen atoms in total. The van der Waals surface area contributed by atoms with Crippen LogP contribution in [0.2, 0.25) is 0 Å². The molecule has 1 aromatic heterocycles. The quantitative estimate of drug-likeness (QED) is 0.660. The lowest BCUT2D eigenvalue weighted by atomic mass is 10.4. The van der Waals surface area contributed by atoms with E-state index in [0.717, 1.165) is 0 Å². The van der Waals surface area contributed by atoms with Gasteiger partial charge in [0, 0.05) is 20.5 Å². The Morgan fingerprint density at radius 3 is 2.58 bits per heavy atom. The number of nitriles is 1. The highest BCUT2D eigenvalue weighted by atomic mass is 16.4. The Morgan fingerprint density at radius 2 is 2.25 bits per heavy atom. The van der Waals surface area contributed by atoms with Crippen LogP contribution < -0.4 is 4.90 Å². The molecule has 0 N–H and O–H groups in total. The van der Waals surface area contributed by atoms with E-state index in [1.165, 1.54) is 0 Å². The predicted molar refractivity (Wildman–Crippen MR) is 44.9 cm³/mol. The summed E-state index contributed by atoms with van der Waals surface area (Å²) in [6.45, 7) is 1.94. The number of hydrogen-bond acceptors (Lipinski definition) is 4. The van der Waals surface area contributed by atoms with Gasteiger partial charge in [-0.3, -0.25) is 0 Å². The molecule has 4 heteroatoms. The number of nitrogens with zero attached hydrogens (tertiary/aromatic N) is 3. The molecule has 0 aromatic carbocycles. The van der Waals surface area contributed by atoms with Crippen LogP contribution in [0.5, 0.6) is 0 Å². The SMILES string of the molecule is CCc1nc(C#N)c(N(C)C)o1. The summed E-state index contributed by atoms with van der Waals surface area (Å²) in [4.78, 5) is 5.74. The minimum Gasteiger partial charge on any atom is -0.424 e. The minimum atomic E-state index is 0.358. The van der Waals surface area contributed by atoms with Gasteiger partial charge in [-0.2, -0.15) is 5.26 Å². The van der Waals surface area contributed by atoms with Gasteiger partial charge in [0.25, 0.3) is 0 Å². The Kier molecular flexibility index (Phi) is 2.34. The van der Waals surface area contributed by atoms with Crippen LogP contribution in [0.3, 0.4) is 0 Å². The van der Waals surface area contributed by atoms with Crippen LogP contribution in [-0.4, -0.2) is 19.1 Å². The van der Waals surface area contributed by atoms with Gasteiger partial charge in [0.2, 0.25) is 11.6 Å². The molecule has 0 aliphatic carbocycles. The van der Waals surface area contributed by atoms with Crippen molar-refractivity contribution in [3.63, 3.8) is 0 Å². The van der Waals surface area contributed by atoms with E-state index in [4.69, 9.17) is 9.68 Å². The summed E-state index contributed by atoms with van der Waals surface area (Å²) >= 11 is 0. The summed E-state index contributed by atoms with van der Waals surface area (Å²) in [5, 5.41) is 8.68. The van der Waals surface area contributed by atoms with Gasteiger partial charge in [-0.1, -0.05) is 6.92 Å². The van der Waals surface area contributed by atoms with Crippen molar-refractivity contribution < 1.29 is 4.42 Å². The third-order valence-electron chi connectivity index (χ3n) is 1.47. The van der Waals surface area contributed by atoms with Crippen molar-refractivity contribution in [1.29, 1.82) is 5.26 Å². The predicted octanol–water partition coefficient (Wildman–Crippen LogP) is 1.17. The second kappa shape index (κ2) is 3.26. The number of aromatic nitrogens is 1. The van der Waals surface area contributed by atoms with Gasteiger partial charge in [-0.05, 0) is 0 Å². The van der Waals surface area contributed by atoms with Crippen LogP contribution in [0.15, 0.2) is 4.42 Å². The van der Waals surface area contributed by atoms with E-state index >= 15 is 0 Å². The van der Waals surface area contributed by atoms with Crippen LogP contribution in [0.4, 0.5) is 5.88 Å². The average molecular weight is 165 g/mol. The molecule has 1 rings (SSSR count). The largest absolute Gasteiger partial charge is 0.424 e. The maximum atomic E-state index is 8.68. The van der Waals surface area contributed by atoms with Crippen molar-refractivity contribution in [3.05, 3.63) is 11.6 Å². The molecule has 0 amide bonds. The molecule has 12 heavy (non-hydrogen) atoms. The van der Waals surface area contributed by atoms with Crippen molar-refractivity contribution >= 4 is 5.88 Å². The van der Waals surface area contributed by atoms with Crippen LogP contribution in [0, 0.1) is 11.3 Å². The maximum Gasteiger partial charge on any atom is 0.234 e. The molecule has 0 aliphatic heterocycles. The summed E-state index contributed by atoms with van der Waals surface area (Å²) in [5.74, 6) is 1.14. The fraction of sp³-hybridized carbons (Fsp3) is 0.500. The molecule has 0 unspecified atom stereocenters. The zero-order valence-corrected chi connectivity index (χ0v) is 7.46. The summed E-state index contributed by atoms with van der Waals surface area (Å²) < 4.78 is 5.31. The lowest BCUT2D eigenvalue weighted by Gasteiger charge is -2.05. The molecule has 0 bridgehead atoms. The van der Waals surface area contributed by atoms with E-state index < -0.39 is 0 Å². The van der Waals surface area contributed by atoms with Gasteiger partial charge in [-0.15, -0.1) is 0 Å². The second-order valence-electron chi connectivity index (χ2n) is 2.62. The molecule has 1 heterocycles. The molecule has 0 fully saturated rings. The highest BCUT2D eigenvalue weighted by molar-refractivity contribution is 5.46. The van der Waals surface area contributed by atoms with E-state index in [2.05, 4.69) is 4.98 Å². The molecule has 0 saturated carbocycles. The van der Waals surface area contributed by atoms with Crippen LogP contribution >= 0.6 is 0 Å². The van der Waals surface area contributed by atoms with E-state index in [1.807, 2.05) is 27.1 Å². The first-order valence-electron chi connectivity index (χ1n) is 3.76. The number of oxazole rings is 1. The van der Waals surface area contributed by atoms with E-state index in [0.29, 0.717) is 23.9 Å². The summed E-state index contributed by atoms with van der Waals surface area (Å²) in [6.07, 6.45) is 0.711. The van der Waals surface area contributed by atoms with Crippen molar-refractivity contribution in [3.8, 4) is 6.07 Å². The second-order valence-corrected chi connectivity index (χ2v) is 2.62. The van der Waals surface area contributed by atoms with E-state index in [9.17, 15) is 0 Å². The Balaban J connectivity index is 3.10. The Hall–Kier alpha value is -1.50. The summed E-state index contributed by atoms with van der Waals surface area (Å²) in [7, 11) is 3.64. The molecule has 0 spiro atoms. The van der Waals surface area contributed by atoms with Crippen molar-refractivity contribution in [2.45, 2.75) is 13.3 Å². The van der Waals surface area contributed by atoms with Crippen LogP contribution in [0.25, 0.3) is 0 Å². The van der Waals surface area contributed by atoms with Crippen LogP contribution in [0.1, 0.15) is 18.5 Å². The fourth-order valence-electron chi connectivity index (χ4n) is 0.882. The van der Waals surface area contributed by atoms with Gasteiger partial charge in [0.15, 0.2) is 5.89 Å². The standard InChI is InChI=1S/C8H11N3O/c1-4-7-10-6(5-9)8(12-7)11(2)3/h4H2,1-3H3. The van der Waals surface area contributed by atoms with E-state index in [1.54, 1.807) is 4.90 Å². The highest BCUT2D eigenvalue weighted by Crippen LogP contribution is 2.18. The van der Waals surface area contributed by atoms with E-state index in [-0.39, 0.29) is 0 Å². The molecule has 0 aliphatic rings. The lowest BCUT2D eigenvalue weighted by Crippen LogP contribution is -2.08. The van der Waals surface area contributed by atoms with Crippen molar-refractivity contribution in [2.75, 3.05) is 19.0 Å². The first kappa shape index (κ1) is 8.60. The molecule has 64 valence electrons. The van der Waals surface area contributed by atoms with Crippen molar-refractivity contribution in [2.24, 2.45) is 0 Å². The van der Waals surface area contributed by atoms with Gasteiger partial charge < -0.3 is 9.32 Å². The smallest absolute Gasteiger partial charge is 0.234 e. The first-order chi connectivity index (χ1) is 5.69. The Morgan fingerprint density at radius 1 is 1.58 bits per heavy atom. The molecular weight excluding hydrogens is 154 g/mol. The summed E-state index contributed by atoms with van der Waals surface area (Å²) in [5.41, 5.74) is 0.358.